The van der Waals surface area contributed by atoms with Crippen LogP contribution in [0.3, 0.4) is 0 Å². The van der Waals surface area contributed by atoms with Crippen LogP contribution in [-0.2, 0) is 32.1 Å². The minimum Gasteiger partial charge on any atom is -0.384 e. The molecule has 0 unspecified atom stereocenters. The predicted molar refractivity (Wildman–Crippen MR) is 304 cm³/mol. The second-order valence-electron chi connectivity index (χ2n) is 21.2. The highest BCUT2D eigenvalue weighted by molar-refractivity contribution is 5.55. The summed E-state index contributed by atoms with van der Waals surface area (Å²) in [7, 11) is 2.19. The maximum absolute atomic E-state index is 6.05. The third-order valence-electron chi connectivity index (χ3n) is 15.1. The smallest absolute Gasteiger partial charge is 0.160 e. The number of aromatic nitrogens is 12. The number of hydrogen-bond donors (Lipinski definition) is 6. The summed E-state index contributed by atoms with van der Waals surface area (Å²) < 4.78 is 6.81. The first kappa shape index (κ1) is 53.6. The number of nitrogens with two attached hydrogens (primary N) is 4. The average Bonchev–Trinajstić information content (AvgIpc) is 4.32. The lowest BCUT2D eigenvalue weighted by atomic mass is 9.92. The summed E-state index contributed by atoms with van der Waals surface area (Å²) in [5.41, 5.74) is 37.4. The molecule has 12 rings (SSSR count). The zero-order valence-electron chi connectivity index (χ0n) is 45.3. The average molecular weight is 1030 g/mol. The number of hydrogen-bond acceptors (Lipinski definition) is 15. The highest BCUT2D eigenvalue weighted by Gasteiger charge is 2.20. The number of nitrogens with one attached hydrogen (secondary N) is 2. The Hall–Kier alpha value is -7.22. The van der Waals surface area contributed by atoms with Gasteiger partial charge in [-0.2, -0.15) is 38.5 Å². The monoisotopic (exact) mass is 1030 g/mol. The van der Waals surface area contributed by atoms with Gasteiger partial charge in [0.25, 0.3) is 0 Å². The number of fused-ring (bicyclic) bond motifs is 4. The molecule has 1 aromatic carbocycles. The molecule has 76 heavy (non-hydrogen) atoms. The molecule has 0 amide bonds. The standard InChI is InChI=1S/C15H16N4.3C14H21N5/c1-11-10-17-19-14(16)9-13(18-15(11)19)8-7-12-5-3-2-4-6-12;1-10-9-16-19-13(15)8-12(17-14(10)19)7-11-3-5-18(2)6-4-11;2*1-10-9-17-19-13(15)8-12(18-14(10)19)5-2-4-11-6-3-7-16-11/h2-6,9-10H,7-8,16H2,1H3;8-9,11H,3-7,15H2,1-2H3;2*8-9,11,16H,2-7,15H2,1H3/t;;2*11-/m..10/s1. The van der Waals surface area contributed by atoms with Crippen molar-refractivity contribution in [3.63, 3.8) is 0 Å². The van der Waals surface area contributed by atoms with Gasteiger partial charge in [0.15, 0.2) is 22.6 Å². The number of rotatable bonds is 13. The molecule has 19 nitrogen and oxygen atoms in total. The number of benzene rings is 1. The fourth-order valence-corrected chi connectivity index (χ4v) is 10.6. The quantitative estimate of drug-likeness (QED) is 0.0663. The summed E-state index contributed by atoms with van der Waals surface area (Å²) in [6.07, 6.45) is 24.6. The zero-order chi connectivity index (χ0) is 53.1. The van der Waals surface area contributed by atoms with Crippen LogP contribution in [0.4, 0.5) is 23.3 Å². The van der Waals surface area contributed by atoms with Gasteiger partial charge in [0.2, 0.25) is 0 Å². The van der Waals surface area contributed by atoms with Crippen molar-refractivity contribution in [2.75, 3.05) is 56.2 Å². The van der Waals surface area contributed by atoms with Crippen molar-refractivity contribution in [2.24, 2.45) is 5.92 Å². The Bertz CT molecular complexity index is 3190. The molecule has 0 saturated carbocycles. The van der Waals surface area contributed by atoms with Crippen molar-refractivity contribution in [1.29, 1.82) is 0 Å². The fraction of sp³-hybridized carbons (Fsp3) is 0.474. The highest BCUT2D eigenvalue weighted by atomic mass is 15.3. The van der Waals surface area contributed by atoms with E-state index in [1.165, 1.54) is 83.1 Å². The van der Waals surface area contributed by atoms with Crippen molar-refractivity contribution in [3.8, 4) is 0 Å². The van der Waals surface area contributed by atoms with Crippen LogP contribution in [0.1, 0.15) is 115 Å². The molecule has 19 heteroatoms. The van der Waals surface area contributed by atoms with Crippen LogP contribution in [0, 0.1) is 33.6 Å². The lowest BCUT2D eigenvalue weighted by Gasteiger charge is -2.28. The van der Waals surface area contributed by atoms with E-state index in [-0.39, 0.29) is 0 Å². The van der Waals surface area contributed by atoms with Gasteiger partial charge in [-0.25, -0.2) is 19.9 Å². The molecule has 0 spiro atoms. The Morgan fingerprint density at radius 2 is 0.868 bits per heavy atom. The number of piperidine rings is 1. The van der Waals surface area contributed by atoms with E-state index < -0.39 is 0 Å². The second-order valence-corrected chi connectivity index (χ2v) is 21.2. The third kappa shape index (κ3) is 13.6. The minimum absolute atomic E-state index is 0.640. The number of nitrogens with zero attached hydrogens (tertiary/aromatic N) is 13. The van der Waals surface area contributed by atoms with Crippen molar-refractivity contribution < 1.29 is 0 Å². The predicted octanol–water partition coefficient (Wildman–Crippen LogP) is 7.30. The third-order valence-corrected chi connectivity index (χ3v) is 15.1. The van der Waals surface area contributed by atoms with Gasteiger partial charge in [0.1, 0.15) is 23.3 Å². The summed E-state index contributed by atoms with van der Waals surface area (Å²) >= 11 is 0. The normalized spacial score (nSPS) is 17.0. The molecule has 3 aliphatic rings. The summed E-state index contributed by atoms with van der Waals surface area (Å²) in [5, 5.41) is 23.9. The van der Waals surface area contributed by atoms with E-state index in [4.69, 9.17) is 27.9 Å². The molecule has 9 aromatic rings. The van der Waals surface area contributed by atoms with E-state index in [2.05, 4.69) is 82.2 Å². The molecule has 8 aromatic heterocycles. The number of likely N-dealkylation sites (tertiary alicyclic amines) is 1. The van der Waals surface area contributed by atoms with Crippen LogP contribution in [0.25, 0.3) is 22.6 Å². The Kier molecular flexibility index (Phi) is 17.7. The first-order valence-corrected chi connectivity index (χ1v) is 27.4. The Labute approximate surface area is 446 Å². The van der Waals surface area contributed by atoms with Crippen molar-refractivity contribution >= 4 is 45.9 Å². The van der Waals surface area contributed by atoms with Crippen molar-refractivity contribution in [3.05, 3.63) is 130 Å². The highest BCUT2D eigenvalue weighted by Crippen LogP contribution is 2.23. The molecule has 3 saturated heterocycles. The molecule has 0 bridgehead atoms. The van der Waals surface area contributed by atoms with Crippen molar-refractivity contribution in [1.82, 2.24) is 73.9 Å². The van der Waals surface area contributed by atoms with Gasteiger partial charge in [-0.15, -0.1) is 0 Å². The molecule has 0 radical (unpaired) electrons. The van der Waals surface area contributed by atoms with E-state index in [0.717, 1.165) is 118 Å². The van der Waals surface area contributed by atoms with Crippen LogP contribution in [0.5, 0.6) is 0 Å². The van der Waals surface area contributed by atoms with Crippen LogP contribution < -0.4 is 33.6 Å². The molecular weight excluding hydrogens is 951 g/mol. The molecule has 0 aliphatic carbocycles. The van der Waals surface area contributed by atoms with E-state index in [1.54, 1.807) is 24.3 Å². The van der Waals surface area contributed by atoms with E-state index >= 15 is 0 Å². The lowest BCUT2D eigenvalue weighted by molar-refractivity contribution is 0.218. The summed E-state index contributed by atoms with van der Waals surface area (Å²) in [6.45, 7) is 12.8. The topological polar surface area (TPSA) is 252 Å². The van der Waals surface area contributed by atoms with Gasteiger partial charge >= 0.3 is 0 Å². The van der Waals surface area contributed by atoms with Gasteiger partial charge in [0.05, 0.1) is 24.8 Å². The van der Waals surface area contributed by atoms with Crippen LogP contribution in [0.15, 0.2) is 79.4 Å². The van der Waals surface area contributed by atoms with E-state index in [0.29, 0.717) is 35.4 Å². The van der Waals surface area contributed by atoms with Gasteiger partial charge in [0, 0.05) is 81.4 Å². The van der Waals surface area contributed by atoms with Crippen LogP contribution in [0.2, 0.25) is 0 Å². The molecule has 11 heterocycles. The van der Waals surface area contributed by atoms with Crippen LogP contribution in [-0.4, -0.2) is 109 Å². The lowest BCUT2D eigenvalue weighted by Crippen LogP contribution is -2.31. The Morgan fingerprint density at radius 3 is 1.26 bits per heavy atom. The fourth-order valence-electron chi connectivity index (χ4n) is 10.6. The van der Waals surface area contributed by atoms with Crippen LogP contribution >= 0.6 is 0 Å². The zero-order valence-corrected chi connectivity index (χ0v) is 45.3. The van der Waals surface area contributed by atoms with E-state index in [1.807, 2.05) is 76.6 Å². The molecule has 402 valence electrons. The number of nitrogen functional groups attached to an aromatic ring is 4. The summed E-state index contributed by atoms with van der Waals surface area (Å²) in [6, 6.07) is 19.6. The summed E-state index contributed by atoms with van der Waals surface area (Å²) in [4.78, 5) is 21.1. The molecule has 10 N–H and O–H groups in total. The van der Waals surface area contributed by atoms with Crippen molar-refractivity contribution in [2.45, 2.75) is 136 Å². The SMILES string of the molecule is Cc1cnn2c(N)cc(CC3CCN(C)CC3)nc12.Cc1cnn2c(N)cc(CCC[C@@H]3CCCN3)nc12.Cc1cnn2c(N)cc(CCC[C@H]3CCCN3)nc12.Cc1cnn2c(N)cc(CCc3ccccc3)nc12. The molecule has 3 fully saturated rings. The first-order chi connectivity index (χ1) is 36.8. The van der Waals surface area contributed by atoms with Gasteiger partial charge < -0.3 is 38.5 Å². The van der Waals surface area contributed by atoms with E-state index in [9.17, 15) is 0 Å². The van der Waals surface area contributed by atoms with Gasteiger partial charge in [-0.1, -0.05) is 30.3 Å². The summed E-state index contributed by atoms with van der Waals surface area (Å²) in [5.74, 6) is 3.40. The minimum atomic E-state index is 0.640. The first-order valence-electron chi connectivity index (χ1n) is 27.4. The molecule has 2 atom stereocenters. The Morgan fingerprint density at radius 1 is 0.487 bits per heavy atom. The van der Waals surface area contributed by atoms with Gasteiger partial charge in [-0.05, 0) is 169 Å². The largest absolute Gasteiger partial charge is 0.384 e. The maximum atomic E-state index is 6.05. The number of aryl methyl sites for hydroxylation is 8. The molecular formula is C57H79N19. The van der Waals surface area contributed by atoms with Gasteiger partial charge in [-0.3, -0.25) is 0 Å². The maximum Gasteiger partial charge on any atom is 0.160 e. The number of anilines is 4. The second kappa shape index (κ2) is 25.1. The molecule has 3 aliphatic heterocycles. The Balaban J connectivity index is 0.000000124.